The molecule has 52 heavy (non-hydrogen) atoms. The van der Waals surface area contributed by atoms with Crippen molar-refractivity contribution >= 4 is 23.8 Å². The highest BCUT2D eigenvalue weighted by Crippen LogP contribution is 2.36. The van der Waals surface area contributed by atoms with Crippen LogP contribution in [0, 0.1) is 5.92 Å². The molecule has 0 N–H and O–H groups in total. The van der Waals surface area contributed by atoms with Gasteiger partial charge in [0.25, 0.3) is 0 Å². The first-order valence-corrected chi connectivity index (χ1v) is 17.6. The predicted octanol–water partition coefficient (Wildman–Crippen LogP) is 7.33. The number of nitrogens with zero attached hydrogens (tertiary/aromatic N) is 1. The molecular weight excluding hydrogens is 670 g/mol. The molecule has 2 aromatic rings. The predicted molar refractivity (Wildman–Crippen MR) is 197 cm³/mol. The summed E-state index contributed by atoms with van der Waals surface area (Å²) in [6.45, 7) is 13.6. The Morgan fingerprint density at radius 1 is 1.00 bits per heavy atom. The maximum Gasteiger partial charge on any atom is 0.414 e. The van der Waals surface area contributed by atoms with Crippen LogP contribution in [0.1, 0.15) is 76.4 Å². The van der Waals surface area contributed by atoms with Crippen molar-refractivity contribution in [2.45, 2.75) is 97.3 Å². The fourth-order valence-electron chi connectivity index (χ4n) is 5.79. The molecule has 286 valence electrons. The van der Waals surface area contributed by atoms with Crippen molar-refractivity contribution in [3.8, 4) is 11.5 Å². The Morgan fingerprint density at radius 3 is 2.38 bits per heavy atom. The monoisotopic (exact) mass is 725 g/mol. The molecule has 0 aliphatic carbocycles. The van der Waals surface area contributed by atoms with E-state index in [-0.39, 0.29) is 37.2 Å². The third kappa shape index (κ3) is 11.3. The number of rotatable bonds is 11. The second-order valence-electron chi connectivity index (χ2n) is 14.3. The molecule has 4 rings (SSSR count). The number of carbonyl (C=O) groups is 2. The minimum Gasteiger partial charge on any atom is -0.497 e. The van der Waals surface area contributed by atoms with E-state index in [4.69, 9.17) is 42.6 Å². The third-order valence-corrected chi connectivity index (χ3v) is 8.55. The van der Waals surface area contributed by atoms with Gasteiger partial charge in [0.2, 0.25) is 0 Å². The molecule has 2 heterocycles. The topological polar surface area (TPSA) is 120 Å². The quantitative estimate of drug-likeness (QED) is 0.132. The molecule has 0 aromatic heterocycles. The molecule has 1 saturated heterocycles. The van der Waals surface area contributed by atoms with E-state index in [0.717, 1.165) is 11.3 Å². The van der Waals surface area contributed by atoms with Gasteiger partial charge in [-0.1, -0.05) is 43.4 Å². The smallest absolute Gasteiger partial charge is 0.414 e. The van der Waals surface area contributed by atoms with Crippen molar-refractivity contribution in [2.24, 2.45) is 5.92 Å². The van der Waals surface area contributed by atoms with Gasteiger partial charge in [-0.25, -0.2) is 9.59 Å². The zero-order valence-corrected chi connectivity index (χ0v) is 32.1. The van der Waals surface area contributed by atoms with Gasteiger partial charge in [-0.05, 0) is 77.3 Å². The number of hydrogen-bond acceptors (Lipinski definition) is 11. The molecule has 0 saturated carbocycles. The molecule has 1 amide bonds. The van der Waals surface area contributed by atoms with Crippen molar-refractivity contribution in [1.29, 1.82) is 0 Å². The molecule has 0 unspecified atom stereocenters. The lowest BCUT2D eigenvalue weighted by molar-refractivity contribution is -0.156. The summed E-state index contributed by atoms with van der Waals surface area (Å²) in [5.41, 5.74) is 1.32. The Morgan fingerprint density at radius 2 is 1.73 bits per heavy atom. The minimum absolute atomic E-state index is 0.145. The molecule has 12 heteroatoms. The first-order valence-electron chi connectivity index (χ1n) is 17.6. The molecule has 5 atom stereocenters. The summed E-state index contributed by atoms with van der Waals surface area (Å²) in [5.74, 6) is -0.713. The maximum absolute atomic E-state index is 14.0. The molecule has 12 nitrogen and oxygen atoms in total. The summed E-state index contributed by atoms with van der Waals surface area (Å²) < 4.78 is 53.0. The average Bonchev–Trinajstić information content (AvgIpc) is 3.39. The van der Waals surface area contributed by atoms with E-state index in [2.05, 4.69) is 0 Å². The van der Waals surface area contributed by atoms with E-state index in [1.54, 1.807) is 53.2 Å². The van der Waals surface area contributed by atoms with Gasteiger partial charge in [0.05, 0.1) is 38.7 Å². The fourth-order valence-corrected chi connectivity index (χ4v) is 5.79. The number of methoxy groups -OCH3 is 3. The van der Waals surface area contributed by atoms with E-state index >= 15 is 0 Å². The first kappa shape index (κ1) is 40.8. The highest BCUT2D eigenvalue weighted by Gasteiger charge is 2.44. The van der Waals surface area contributed by atoms with Gasteiger partial charge in [-0.15, -0.1) is 0 Å². The number of hydrogen-bond donors (Lipinski definition) is 0. The lowest BCUT2D eigenvalue weighted by Crippen LogP contribution is -2.39. The number of amides is 1. The summed E-state index contributed by atoms with van der Waals surface area (Å²) in [4.78, 5) is 29.0. The molecule has 1 fully saturated rings. The molecule has 2 aromatic carbocycles. The Hall–Kier alpha value is -3.94. The third-order valence-electron chi connectivity index (χ3n) is 8.55. The van der Waals surface area contributed by atoms with Gasteiger partial charge in [-0.2, -0.15) is 0 Å². The van der Waals surface area contributed by atoms with Gasteiger partial charge in [0.15, 0.2) is 12.6 Å². The number of cyclic esters (lactones) is 1. The van der Waals surface area contributed by atoms with E-state index in [0.29, 0.717) is 24.3 Å². The summed E-state index contributed by atoms with van der Waals surface area (Å²) >= 11 is 0. The van der Waals surface area contributed by atoms with Crippen LogP contribution in [-0.2, 0) is 39.8 Å². The lowest BCUT2D eigenvalue weighted by Gasteiger charge is -2.28. The lowest BCUT2D eigenvalue weighted by atomic mass is 9.98. The fraction of sp³-hybridized carbons (Fsp3) is 0.550. The molecule has 2 aliphatic heterocycles. The van der Waals surface area contributed by atoms with Crippen molar-refractivity contribution in [2.75, 3.05) is 46.2 Å². The number of carbonyl (C=O) groups excluding carboxylic acids is 2. The second-order valence-corrected chi connectivity index (χ2v) is 14.3. The number of fused-ring (bicyclic) bond motifs is 2. The highest BCUT2D eigenvalue weighted by molar-refractivity contribution is 5.99. The van der Waals surface area contributed by atoms with Crippen LogP contribution in [0.5, 0.6) is 11.5 Å². The number of anilines is 1. The van der Waals surface area contributed by atoms with Gasteiger partial charge < -0.3 is 42.6 Å². The normalized spacial score (nSPS) is 23.8. The van der Waals surface area contributed by atoms with E-state index in [1.807, 2.05) is 70.2 Å². The number of ether oxygens (including phenoxy) is 9. The molecule has 2 aliphatic rings. The summed E-state index contributed by atoms with van der Waals surface area (Å²) in [5, 5.41) is 0. The van der Waals surface area contributed by atoms with Gasteiger partial charge in [0, 0.05) is 26.2 Å². The van der Waals surface area contributed by atoms with Crippen molar-refractivity contribution in [3.05, 3.63) is 71.3 Å². The van der Waals surface area contributed by atoms with E-state index < -0.39 is 47.9 Å². The Bertz CT molecular complexity index is 1550. The van der Waals surface area contributed by atoms with E-state index in [1.165, 1.54) is 12.0 Å². The Balaban J connectivity index is 1.78. The Labute approximate surface area is 307 Å². The van der Waals surface area contributed by atoms with E-state index in [9.17, 15) is 9.59 Å². The van der Waals surface area contributed by atoms with Gasteiger partial charge >= 0.3 is 12.1 Å². The van der Waals surface area contributed by atoms with Gasteiger partial charge in [0.1, 0.15) is 41.0 Å². The second kappa shape index (κ2) is 18.2. The van der Waals surface area contributed by atoms with Crippen molar-refractivity contribution in [1.82, 2.24) is 0 Å². The van der Waals surface area contributed by atoms with Crippen LogP contribution < -0.4 is 14.4 Å². The highest BCUT2D eigenvalue weighted by atomic mass is 16.8. The summed E-state index contributed by atoms with van der Waals surface area (Å²) in [6, 6.07) is 11.1. The zero-order chi connectivity index (χ0) is 38.1. The average molecular weight is 726 g/mol. The largest absolute Gasteiger partial charge is 0.497 e. The molecular formula is C40H55NO11. The standard InChI is InChI=1S/C40H55NO11/c1-26-14-19-32(47-24-28-15-17-31(46-10)18-16-28)36-33(50-40(6,7)51-36)13-11-12-29-22-30(41(20-21-44-8)38(43)52-39(3,4)5)23-34(48-25-45-9)35(29)37(42)49-27(26)2/h11-12,14-19,22-23,26-27,32-33,36H,13,20-21,24-25H2,1-10H3/b12-11?,19-14-/t26-,27+,32-,33+,36-/m1/s1. The van der Waals surface area contributed by atoms with Crippen LogP contribution in [0.15, 0.2) is 54.6 Å². The zero-order valence-electron chi connectivity index (χ0n) is 32.1. The van der Waals surface area contributed by atoms with Crippen LogP contribution in [0.2, 0.25) is 0 Å². The van der Waals surface area contributed by atoms with Crippen molar-refractivity contribution < 1.29 is 52.2 Å². The van der Waals surface area contributed by atoms with Crippen LogP contribution in [0.3, 0.4) is 0 Å². The minimum atomic E-state index is -0.869. The SMILES string of the molecule is COCCN(C(=O)OC(C)(C)C)c1cc2c(c(OCOC)c1)C(=O)O[C@@H](C)[C@H](C)/C=C\[C@@H](OCc1ccc(OC)cc1)[C@H]1OC(C)(C)O[C@H]1CC=C2. The van der Waals surface area contributed by atoms with Crippen LogP contribution >= 0.6 is 0 Å². The number of benzene rings is 2. The summed E-state index contributed by atoms with van der Waals surface area (Å²) in [6.07, 6.45) is 5.64. The molecule has 0 spiro atoms. The number of esters is 1. The van der Waals surface area contributed by atoms with Crippen LogP contribution in [0.4, 0.5) is 10.5 Å². The first-order chi connectivity index (χ1) is 24.6. The maximum atomic E-state index is 14.0. The Kier molecular flexibility index (Phi) is 14.3. The van der Waals surface area contributed by atoms with Crippen LogP contribution in [0.25, 0.3) is 6.08 Å². The summed E-state index contributed by atoms with van der Waals surface area (Å²) in [7, 11) is 4.67. The van der Waals surface area contributed by atoms with Gasteiger partial charge in [-0.3, -0.25) is 4.90 Å². The molecule has 0 radical (unpaired) electrons. The van der Waals surface area contributed by atoms with Crippen LogP contribution in [-0.4, -0.2) is 89.1 Å². The molecule has 0 bridgehead atoms. The van der Waals surface area contributed by atoms with Crippen molar-refractivity contribution in [3.63, 3.8) is 0 Å².